The van der Waals surface area contributed by atoms with Crippen LogP contribution >= 0.6 is 0 Å². The van der Waals surface area contributed by atoms with Crippen LogP contribution in [0.3, 0.4) is 0 Å². The summed E-state index contributed by atoms with van der Waals surface area (Å²) in [5.41, 5.74) is 1.89. The van der Waals surface area contributed by atoms with Crippen molar-refractivity contribution in [1.82, 2.24) is 14.8 Å². The molecular weight excluding hydrogens is 316 g/mol. The van der Waals surface area contributed by atoms with Crippen molar-refractivity contribution in [1.29, 1.82) is 0 Å². The van der Waals surface area contributed by atoms with E-state index in [1.54, 1.807) is 7.11 Å². The average Bonchev–Trinajstić information content (AvgIpc) is 3.28. The number of aromatic nitrogens is 1. The predicted molar refractivity (Wildman–Crippen MR) is 99.0 cm³/mol. The third kappa shape index (κ3) is 4.14. The molecule has 1 atom stereocenters. The highest BCUT2D eigenvalue weighted by Gasteiger charge is 2.25. The number of para-hydroxylation sites is 2. The van der Waals surface area contributed by atoms with Gasteiger partial charge in [0.2, 0.25) is 0 Å². The molecule has 1 fully saturated rings. The Morgan fingerprint density at radius 1 is 1.20 bits per heavy atom. The smallest absolute Gasteiger partial charge is 0.319 e. The van der Waals surface area contributed by atoms with Gasteiger partial charge in [-0.2, -0.15) is 0 Å². The maximum absolute atomic E-state index is 12.4. The standard InChI is InChI=1S/C19H26N4O2/c1-22-11-7-9-16(22)17(23-12-5-6-13-23)14-20-19(24)21-15-8-3-4-10-18(15)25-2/h3-4,7-11,17H,5-6,12-14H2,1-2H3,(H2,20,21,24)/t17-/m0/s1. The van der Waals surface area contributed by atoms with E-state index in [9.17, 15) is 4.79 Å². The number of methoxy groups -OCH3 is 1. The number of amides is 2. The fourth-order valence-electron chi connectivity index (χ4n) is 3.40. The maximum atomic E-state index is 12.4. The number of ether oxygens (including phenoxy) is 1. The first kappa shape index (κ1) is 17.4. The summed E-state index contributed by atoms with van der Waals surface area (Å²) in [6.07, 6.45) is 4.48. The zero-order chi connectivity index (χ0) is 17.6. The van der Waals surface area contributed by atoms with Crippen LogP contribution in [0.2, 0.25) is 0 Å². The summed E-state index contributed by atoms with van der Waals surface area (Å²) in [7, 11) is 3.64. The van der Waals surface area contributed by atoms with Crippen molar-refractivity contribution in [2.45, 2.75) is 18.9 Å². The van der Waals surface area contributed by atoms with Gasteiger partial charge in [0, 0.05) is 25.5 Å². The van der Waals surface area contributed by atoms with Crippen molar-refractivity contribution in [3.63, 3.8) is 0 Å². The molecule has 6 nitrogen and oxygen atoms in total. The van der Waals surface area contributed by atoms with E-state index in [-0.39, 0.29) is 12.1 Å². The summed E-state index contributed by atoms with van der Waals surface area (Å²) < 4.78 is 7.40. The normalized spacial score (nSPS) is 15.8. The van der Waals surface area contributed by atoms with Gasteiger partial charge in [-0.3, -0.25) is 4.90 Å². The highest BCUT2D eigenvalue weighted by molar-refractivity contribution is 5.90. The number of nitrogens with zero attached hydrogens (tertiary/aromatic N) is 2. The summed E-state index contributed by atoms with van der Waals surface area (Å²) in [6.45, 7) is 2.72. The highest BCUT2D eigenvalue weighted by Crippen LogP contribution is 2.25. The van der Waals surface area contributed by atoms with Crippen molar-refractivity contribution < 1.29 is 9.53 Å². The lowest BCUT2D eigenvalue weighted by Crippen LogP contribution is -2.39. The Morgan fingerprint density at radius 2 is 1.96 bits per heavy atom. The van der Waals surface area contributed by atoms with Gasteiger partial charge in [-0.05, 0) is 50.2 Å². The van der Waals surface area contributed by atoms with E-state index in [1.165, 1.54) is 18.5 Å². The van der Waals surface area contributed by atoms with Gasteiger partial charge < -0.3 is 19.9 Å². The molecule has 1 aliphatic rings. The summed E-state index contributed by atoms with van der Waals surface area (Å²) in [5.74, 6) is 0.649. The van der Waals surface area contributed by atoms with E-state index in [4.69, 9.17) is 4.74 Å². The third-order valence-electron chi connectivity index (χ3n) is 4.72. The molecule has 3 rings (SSSR count). The van der Waals surface area contributed by atoms with Crippen molar-refractivity contribution in [3.8, 4) is 5.75 Å². The predicted octanol–water partition coefficient (Wildman–Crippen LogP) is 2.99. The number of hydrogen-bond acceptors (Lipinski definition) is 3. The minimum Gasteiger partial charge on any atom is -0.495 e. The van der Waals surface area contributed by atoms with Crippen molar-refractivity contribution in [3.05, 3.63) is 48.3 Å². The zero-order valence-corrected chi connectivity index (χ0v) is 14.9. The molecule has 2 amide bonds. The van der Waals surface area contributed by atoms with Gasteiger partial charge in [0.15, 0.2) is 0 Å². The number of nitrogens with one attached hydrogen (secondary N) is 2. The molecule has 1 aromatic carbocycles. The lowest BCUT2D eigenvalue weighted by molar-refractivity contribution is 0.222. The van der Waals surface area contributed by atoms with Crippen LogP contribution in [0.1, 0.15) is 24.6 Å². The van der Waals surface area contributed by atoms with Crippen molar-refractivity contribution >= 4 is 11.7 Å². The minimum atomic E-state index is -0.220. The number of urea groups is 1. The molecule has 0 radical (unpaired) electrons. The zero-order valence-electron chi connectivity index (χ0n) is 14.9. The Labute approximate surface area is 148 Å². The number of rotatable bonds is 6. The number of carbonyl (C=O) groups excluding carboxylic acids is 1. The molecule has 0 bridgehead atoms. The van der Waals surface area contributed by atoms with Crippen LogP contribution < -0.4 is 15.4 Å². The molecule has 1 aliphatic heterocycles. The third-order valence-corrected chi connectivity index (χ3v) is 4.72. The number of carbonyl (C=O) groups is 1. The largest absolute Gasteiger partial charge is 0.495 e. The molecular formula is C19H26N4O2. The molecule has 0 aliphatic carbocycles. The van der Waals surface area contributed by atoms with E-state index in [1.807, 2.05) is 43.6 Å². The fourth-order valence-corrected chi connectivity index (χ4v) is 3.40. The number of hydrogen-bond donors (Lipinski definition) is 2. The van der Waals surface area contributed by atoms with Gasteiger partial charge in [0.05, 0.1) is 18.8 Å². The maximum Gasteiger partial charge on any atom is 0.319 e. The van der Waals surface area contributed by atoms with E-state index in [0.717, 1.165) is 13.1 Å². The molecule has 0 unspecified atom stereocenters. The molecule has 134 valence electrons. The second-order valence-corrected chi connectivity index (χ2v) is 6.34. The van der Waals surface area contributed by atoms with Gasteiger partial charge in [-0.25, -0.2) is 4.79 Å². The fraction of sp³-hybridized carbons (Fsp3) is 0.421. The molecule has 25 heavy (non-hydrogen) atoms. The number of benzene rings is 1. The Bertz CT molecular complexity index is 707. The first-order chi connectivity index (χ1) is 12.2. The minimum absolute atomic E-state index is 0.186. The van der Waals surface area contributed by atoms with Crippen molar-refractivity contribution in [2.75, 3.05) is 32.1 Å². The van der Waals surface area contributed by atoms with Gasteiger partial charge in [-0.1, -0.05) is 12.1 Å². The van der Waals surface area contributed by atoms with E-state index in [0.29, 0.717) is 18.0 Å². The summed E-state index contributed by atoms with van der Waals surface area (Å²) in [4.78, 5) is 14.8. The average molecular weight is 342 g/mol. The quantitative estimate of drug-likeness (QED) is 0.848. The first-order valence-electron chi connectivity index (χ1n) is 8.72. The summed E-state index contributed by atoms with van der Waals surface area (Å²) in [6, 6.07) is 11.5. The van der Waals surface area contributed by atoms with Crippen LogP contribution in [0.15, 0.2) is 42.6 Å². The highest BCUT2D eigenvalue weighted by atomic mass is 16.5. The van der Waals surface area contributed by atoms with Gasteiger partial charge in [0.1, 0.15) is 5.75 Å². The topological polar surface area (TPSA) is 58.5 Å². The summed E-state index contributed by atoms with van der Waals surface area (Å²) >= 11 is 0. The van der Waals surface area contributed by atoms with Gasteiger partial charge >= 0.3 is 6.03 Å². The molecule has 1 saturated heterocycles. The molecule has 1 aromatic heterocycles. The first-order valence-corrected chi connectivity index (χ1v) is 8.72. The molecule has 2 heterocycles. The SMILES string of the molecule is COc1ccccc1NC(=O)NC[C@@H](c1cccn1C)N1CCCC1. The molecule has 6 heteroatoms. The molecule has 0 spiro atoms. The van der Waals surface area contributed by atoms with Gasteiger partial charge in [0.25, 0.3) is 0 Å². The van der Waals surface area contributed by atoms with Crippen LogP contribution in [0.5, 0.6) is 5.75 Å². The monoisotopic (exact) mass is 342 g/mol. The second-order valence-electron chi connectivity index (χ2n) is 6.34. The lowest BCUT2D eigenvalue weighted by atomic mass is 10.1. The van der Waals surface area contributed by atoms with E-state index < -0.39 is 0 Å². The van der Waals surface area contributed by atoms with E-state index >= 15 is 0 Å². The van der Waals surface area contributed by atoms with Crippen LogP contribution in [-0.4, -0.2) is 42.2 Å². The Morgan fingerprint density at radius 3 is 2.64 bits per heavy atom. The molecule has 0 saturated carbocycles. The van der Waals surface area contributed by atoms with Crippen LogP contribution in [0.25, 0.3) is 0 Å². The van der Waals surface area contributed by atoms with Crippen LogP contribution in [0.4, 0.5) is 10.5 Å². The summed E-state index contributed by atoms with van der Waals surface area (Å²) in [5, 5.41) is 5.88. The number of likely N-dealkylation sites (tertiary alicyclic amines) is 1. The second kappa shape index (κ2) is 8.07. The van der Waals surface area contributed by atoms with E-state index in [2.05, 4.69) is 26.2 Å². The molecule has 2 N–H and O–H groups in total. The van der Waals surface area contributed by atoms with Gasteiger partial charge in [-0.15, -0.1) is 0 Å². The van der Waals surface area contributed by atoms with Crippen LogP contribution in [-0.2, 0) is 7.05 Å². The Kier molecular flexibility index (Phi) is 5.60. The lowest BCUT2D eigenvalue weighted by Gasteiger charge is -2.28. The van der Waals surface area contributed by atoms with Crippen LogP contribution in [0, 0.1) is 0 Å². The molecule has 2 aromatic rings. The van der Waals surface area contributed by atoms with Crippen molar-refractivity contribution in [2.24, 2.45) is 7.05 Å². The number of aryl methyl sites for hydroxylation is 1. The Hall–Kier alpha value is -2.47. The Balaban J connectivity index is 1.64. The number of anilines is 1.